The first-order valence-corrected chi connectivity index (χ1v) is 9.36. The Morgan fingerprint density at radius 2 is 1.73 bits per heavy atom. The number of rotatable bonds is 7. The molecule has 1 N–H and O–H groups in total. The molecule has 0 fully saturated rings. The number of nitrogens with one attached hydrogen (secondary N) is 1. The fourth-order valence-corrected chi connectivity index (χ4v) is 3.05. The highest BCUT2D eigenvalue weighted by atomic mass is 16.5. The Kier molecular flexibility index (Phi) is 6.36. The number of aryl methyl sites for hydroxylation is 2. The summed E-state index contributed by atoms with van der Waals surface area (Å²) in [5.74, 6) is -1.79. The van der Waals surface area contributed by atoms with E-state index in [0.717, 1.165) is 5.52 Å². The number of carbonyl (C=O) groups is 3. The summed E-state index contributed by atoms with van der Waals surface area (Å²) in [6.45, 7) is 4.71. The van der Waals surface area contributed by atoms with Gasteiger partial charge in [-0.25, -0.2) is 14.6 Å². The summed E-state index contributed by atoms with van der Waals surface area (Å²) in [5.41, 5.74) is 3.30. The first-order chi connectivity index (χ1) is 14.4. The zero-order chi connectivity index (χ0) is 21.7. The van der Waals surface area contributed by atoms with E-state index in [9.17, 15) is 14.4 Å². The number of esters is 2. The van der Waals surface area contributed by atoms with E-state index in [1.165, 1.54) is 18.3 Å². The van der Waals surface area contributed by atoms with Crippen molar-refractivity contribution in [3.63, 3.8) is 0 Å². The fourth-order valence-electron chi connectivity index (χ4n) is 3.05. The highest BCUT2D eigenvalue weighted by Gasteiger charge is 2.25. The minimum Gasteiger partial charge on any atom is -0.462 e. The van der Waals surface area contributed by atoms with Crippen molar-refractivity contribution in [1.82, 2.24) is 15.0 Å². The maximum Gasteiger partial charge on any atom is 0.340 e. The Morgan fingerprint density at radius 1 is 1.03 bits per heavy atom. The number of aromatic nitrogens is 3. The third kappa shape index (κ3) is 4.60. The van der Waals surface area contributed by atoms with Gasteiger partial charge < -0.3 is 14.5 Å². The standard InChI is InChI=1S/C22H21N3O5/c1-4-29-22(28)21-14(3)24-13(2)20(21)18(26)12-30-19(27)10-9-15-11-23-16-7-5-6-8-17(16)25-15/h5-11,24H,4,12H2,1-3H3. The van der Waals surface area contributed by atoms with E-state index in [0.29, 0.717) is 22.6 Å². The number of nitrogens with zero attached hydrogens (tertiary/aromatic N) is 2. The number of hydrogen-bond donors (Lipinski definition) is 1. The van der Waals surface area contributed by atoms with E-state index in [4.69, 9.17) is 9.47 Å². The number of carbonyl (C=O) groups excluding carboxylic acids is 3. The van der Waals surface area contributed by atoms with E-state index < -0.39 is 24.3 Å². The van der Waals surface area contributed by atoms with Crippen molar-refractivity contribution in [3.05, 3.63) is 64.7 Å². The van der Waals surface area contributed by atoms with Crippen LogP contribution in [0.5, 0.6) is 0 Å². The minimum absolute atomic E-state index is 0.164. The van der Waals surface area contributed by atoms with Gasteiger partial charge in [-0.1, -0.05) is 12.1 Å². The van der Waals surface area contributed by atoms with Crippen LogP contribution in [0, 0.1) is 13.8 Å². The van der Waals surface area contributed by atoms with Gasteiger partial charge in [0.2, 0.25) is 5.78 Å². The minimum atomic E-state index is -0.707. The molecule has 0 radical (unpaired) electrons. The molecular weight excluding hydrogens is 386 g/mol. The monoisotopic (exact) mass is 407 g/mol. The quantitative estimate of drug-likeness (QED) is 0.364. The normalized spacial score (nSPS) is 11.0. The molecule has 0 aliphatic rings. The number of aromatic amines is 1. The molecular formula is C22H21N3O5. The number of benzene rings is 1. The van der Waals surface area contributed by atoms with Gasteiger partial charge in [-0.15, -0.1) is 0 Å². The van der Waals surface area contributed by atoms with Gasteiger partial charge in [0.05, 0.1) is 40.7 Å². The van der Waals surface area contributed by atoms with Crippen molar-refractivity contribution in [2.75, 3.05) is 13.2 Å². The fraction of sp³-hybridized carbons (Fsp3) is 0.227. The summed E-state index contributed by atoms with van der Waals surface area (Å²) in [5, 5.41) is 0. The molecule has 0 aliphatic carbocycles. The van der Waals surface area contributed by atoms with Gasteiger partial charge in [-0.3, -0.25) is 9.78 Å². The lowest BCUT2D eigenvalue weighted by atomic mass is 10.1. The van der Waals surface area contributed by atoms with Gasteiger partial charge in [-0.05, 0) is 39.0 Å². The SMILES string of the molecule is CCOC(=O)c1c(C)[nH]c(C)c1C(=O)COC(=O)C=Cc1cnc2ccccc2n1. The molecule has 0 bridgehead atoms. The number of H-pyrrole nitrogens is 1. The molecule has 0 spiro atoms. The van der Waals surface area contributed by atoms with E-state index >= 15 is 0 Å². The second-order valence-electron chi connectivity index (χ2n) is 6.49. The lowest BCUT2D eigenvalue weighted by molar-refractivity contribution is -0.136. The zero-order valence-corrected chi connectivity index (χ0v) is 16.9. The molecule has 30 heavy (non-hydrogen) atoms. The number of ether oxygens (including phenoxy) is 2. The second-order valence-corrected chi connectivity index (χ2v) is 6.49. The van der Waals surface area contributed by atoms with E-state index in [2.05, 4.69) is 15.0 Å². The maximum absolute atomic E-state index is 12.6. The number of hydrogen-bond acceptors (Lipinski definition) is 7. The van der Waals surface area contributed by atoms with Crippen LogP contribution in [0.4, 0.5) is 0 Å². The van der Waals surface area contributed by atoms with Gasteiger partial charge >= 0.3 is 11.9 Å². The van der Waals surface area contributed by atoms with Crippen LogP contribution in [0.25, 0.3) is 17.1 Å². The van der Waals surface area contributed by atoms with E-state index in [-0.39, 0.29) is 17.7 Å². The molecule has 2 aromatic heterocycles. The lowest BCUT2D eigenvalue weighted by Gasteiger charge is -2.06. The van der Waals surface area contributed by atoms with Crippen molar-refractivity contribution in [1.29, 1.82) is 0 Å². The van der Waals surface area contributed by atoms with Crippen LogP contribution < -0.4 is 0 Å². The largest absolute Gasteiger partial charge is 0.462 e. The summed E-state index contributed by atoms with van der Waals surface area (Å²) in [7, 11) is 0. The Hall–Kier alpha value is -3.81. The molecule has 8 nitrogen and oxygen atoms in total. The van der Waals surface area contributed by atoms with Gasteiger partial charge in [0.15, 0.2) is 6.61 Å². The van der Waals surface area contributed by atoms with Crippen LogP contribution in [-0.4, -0.2) is 45.9 Å². The topological polar surface area (TPSA) is 111 Å². The first-order valence-electron chi connectivity index (χ1n) is 9.36. The molecule has 0 amide bonds. The van der Waals surface area contributed by atoms with Gasteiger partial charge in [0.25, 0.3) is 0 Å². The van der Waals surface area contributed by atoms with Gasteiger partial charge in [0.1, 0.15) is 0 Å². The Bertz CT molecular complexity index is 1150. The van der Waals surface area contributed by atoms with Crippen molar-refractivity contribution in [2.45, 2.75) is 20.8 Å². The molecule has 154 valence electrons. The third-order valence-corrected chi connectivity index (χ3v) is 4.34. The average molecular weight is 407 g/mol. The van der Waals surface area contributed by atoms with Crippen molar-refractivity contribution in [2.24, 2.45) is 0 Å². The van der Waals surface area contributed by atoms with Crippen LogP contribution in [-0.2, 0) is 14.3 Å². The first kappa shape index (κ1) is 20.9. The molecule has 0 aliphatic heterocycles. The molecule has 0 saturated carbocycles. The molecule has 0 atom stereocenters. The Balaban J connectivity index is 1.66. The molecule has 1 aromatic carbocycles. The maximum atomic E-state index is 12.6. The summed E-state index contributed by atoms with van der Waals surface area (Å²) in [4.78, 5) is 48.4. The van der Waals surface area contributed by atoms with E-state index in [1.807, 2.05) is 24.3 Å². The molecule has 8 heteroatoms. The second kappa shape index (κ2) is 9.13. The molecule has 0 unspecified atom stereocenters. The highest BCUT2D eigenvalue weighted by Crippen LogP contribution is 2.20. The predicted octanol–water partition coefficient (Wildman–Crippen LogP) is 3.19. The summed E-state index contributed by atoms with van der Waals surface area (Å²) < 4.78 is 10.1. The van der Waals surface area contributed by atoms with Crippen LogP contribution >= 0.6 is 0 Å². The number of ketones is 1. The number of fused-ring (bicyclic) bond motifs is 1. The average Bonchev–Trinajstić information content (AvgIpc) is 3.04. The van der Waals surface area contributed by atoms with Crippen LogP contribution in [0.15, 0.2) is 36.5 Å². The predicted molar refractivity (Wildman–Crippen MR) is 110 cm³/mol. The lowest BCUT2D eigenvalue weighted by Crippen LogP contribution is -2.17. The molecule has 3 aromatic rings. The highest BCUT2D eigenvalue weighted by molar-refractivity contribution is 6.09. The van der Waals surface area contributed by atoms with Crippen LogP contribution in [0.2, 0.25) is 0 Å². The summed E-state index contributed by atoms with van der Waals surface area (Å²) in [6.07, 6.45) is 4.17. The molecule has 3 rings (SSSR count). The van der Waals surface area contributed by atoms with Crippen molar-refractivity contribution < 1.29 is 23.9 Å². The van der Waals surface area contributed by atoms with Gasteiger partial charge in [0, 0.05) is 17.5 Å². The van der Waals surface area contributed by atoms with E-state index in [1.54, 1.807) is 20.8 Å². The Morgan fingerprint density at radius 3 is 2.47 bits per heavy atom. The number of para-hydroxylation sites is 2. The Labute approximate surface area is 172 Å². The van der Waals surface area contributed by atoms with Crippen molar-refractivity contribution >= 4 is 34.8 Å². The van der Waals surface area contributed by atoms with Crippen LogP contribution in [0.3, 0.4) is 0 Å². The molecule has 2 heterocycles. The van der Waals surface area contributed by atoms with Crippen molar-refractivity contribution in [3.8, 4) is 0 Å². The van der Waals surface area contributed by atoms with Crippen LogP contribution in [0.1, 0.15) is 44.7 Å². The number of Topliss-reactive ketones (excluding diaryl/α,β-unsaturated/α-hetero) is 1. The zero-order valence-electron chi connectivity index (χ0n) is 16.9. The third-order valence-electron chi connectivity index (χ3n) is 4.34. The molecule has 0 saturated heterocycles. The van der Waals surface area contributed by atoms with Gasteiger partial charge in [-0.2, -0.15) is 0 Å². The smallest absolute Gasteiger partial charge is 0.340 e. The summed E-state index contributed by atoms with van der Waals surface area (Å²) >= 11 is 0. The summed E-state index contributed by atoms with van der Waals surface area (Å²) in [6, 6.07) is 7.37.